The molecule has 3 aromatic rings. The Bertz CT molecular complexity index is 1070. The third-order valence-corrected chi connectivity index (χ3v) is 6.57. The number of nitrogens with zero attached hydrogens (tertiary/aromatic N) is 1. The van der Waals surface area contributed by atoms with E-state index in [2.05, 4.69) is 20.8 Å². The molecule has 142 valence electrons. The fourth-order valence-electron chi connectivity index (χ4n) is 3.77. The molecule has 2 aromatic carbocycles. The number of aryl methyl sites for hydroxylation is 1. The summed E-state index contributed by atoms with van der Waals surface area (Å²) in [5.41, 5.74) is 2.85. The van der Waals surface area contributed by atoms with E-state index in [4.69, 9.17) is 0 Å². The van der Waals surface area contributed by atoms with Gasteiger partial charge in [0.15, 0.2) is 0 Å². The van der Waals surface area contributed by atoms with Gasteiger partial charge in [0, 0.05) is 29.8 Å². The van der Waals surface area contributed by atoms with Crippen molar-refractivity contribution in [3.8, 4) is 0 Å². The lowest BCUT2D eigenvalue weighted by Gasteiger charge is -2.22. The maximum absolute atomic E-state index is 13.1. The van der Waals surface area contributed by atoms with Crippen molar-refractivity contribution in [1.29, 1.82) is 0 Å². The van der Waals surface area contributed by atoms with Gasteiger partial charge >= 0.3 is 0 Å². The second-order valence-corrected chi connectivity index (χ2v) is 8.69. The van der Waals surface area contributed by atoms with E-state index < -0.39 is 15.8 Å². The highest BCUT2D eigenvalue weighted by atomic mass is 32.2. The smallest absolute Gasteiger partial charge is 0.261 e. The van der Waals surface area contributed by atoms with E-state index in [0.29, 0.717) is 11.6 Å². The molecule has 1 aromatic heterocycles. The Hall–Kier alpha value is -2.38. The number of hydrogen-bond acceptors (Lipinski definition) is 3. The minimum absolute atomic E-state index is 0.0376. The van der Waals surface area contributed by atoms with Crippen LogP contribution in [0.4, 0.5) is 10.1 Å². The van der Waals surface area contributed by atoms with Crippen molar-refractivity contribution in [3.63, 3.8) is 0 Å². The quantitative estimate of drug-likeness (QED) is 0.719. The minimum atomic E-state index is -3.76. The first-order valence-electron chi connectivity index (χ1n) is 9.02. The highest BCUT2D eigenvalue weighted by Crippen LogP contribution is 2.34. The summed E-state index contributed by atoms with van der Waals surface area (Å²) in [5, 5.41) is 4.45. The van der Waals surface area contributed by atoms with E-state index in [9.17, 15) is 12.8 Å². The first-order chi connectivity index (χ1) is 12.9. The lowest BCUT2D eigenvalue weighted by molar-refractivity contribution is 0.462. The second kappa shape index (κ2) is 6.98. The Labute approximate surface area is 158 Å². The standard InChI is InChI=1S/C20H22FN3O2S/c1-24-13-19(14-8-10-22-11-9-14)18-12-16(4-7-20(18)24)23-27(25,26)17-5-2-15(21)3-6-17/h2-7,12-14,22-23H,8-11H2,1H3. The van der Waals surface area contributed by atoms with Crippen molar-refractivity contribution in [3.05, 3.63) is 60.0 Å². The molecule has 1 saturated heterocycles. The first kappa shape index (κ1) is 18.0. The van der Waals surface area contributed by atoms with E-state index in [1.807, 2.05) is 19.2 Å². The fraction of sp³-hybridized carbons (Fsp3) is 0.300. The number of benzene rings is 2. The molecule has 5 nitrogen and oxygen atoms in total. The molecule has 2 N–H and O–H groups in total. The predicted molar refractivity (Wildman–Crippen MR) is 105 cm³/mol. The average Bonchev–Trinajstić information content (AvgIpc) is 2.99. The summed E-state index contributed by atoms with van der Waals surface area (Å²) in [6.07, 6.45) is 4.30. The third kappa shape index (κ3) is 3.57. The third-order valence-electron chi connectivity index (χ3n) is 5.18. The number of sulfonamides is 1. The summed E-state index contributed by atoms with van der Waals surface area (Å²) in [6.45, 7) is 2.00. The first-order valence-corrected chi connectivity index (χ1v) is 10.5. The van der Waals surface area contributed by atoms with Gasteiger partial charge in [-0.15, -0.1) is 0 Å². The normalized spacial score (nSPS) is 15.9. The number of anilines is 1. The van der Waals surface area contributed by atoms with Gasteiger partial charge in [-0.2, -0.15) is 0 Å². The molecule has 1 fully saturated rings. The zero-order chi connectivity index (χ0) is 19.0. The van der Waals surface area contributed by atoms with Gasteiger partial charge in [0.1, 0.15) is 5.82 Å². The number of nitrogens with one attached hydrogen (secondary N) is 2. The Kier molecular flexibility index (Phi) is 4.65. The number of halogens is 1. The summed E-state index contributed by atoms with van der Waals surface area (Å²) < 4.78 is 43.0. The molecule has 2 heterocycles. The van der Waals surface area contributed by atoms with Gasteiger partial charge in [0.2, 0.25) is 0 Å². The largest absolute Gasteiger partial charge is 0.350 e. The zero-order valence-corrected chi connectivity index (χ0v) is 15.9. The van der Waals surface area contributed by atoms with Crippen LogP contribution in [0.3, 0.4) is 0 Å². The lowest BCUT2D eigenvalue weighted by Crippen LogP contribution is -2.26. The van der Waals surface area contributed by atoms with Gasteiger partial charge in [-0.25, -0.2) is 12.8 Å². The Morgan fingerprint density at radius 2 is 1.81 bits per heavy atom. The summed E-state index contributed by atoms with van der Waals surface area (Å²) in [6, 6.07) is 10.4. The molecule has 0 saturated carbocycles. The molecule has 0 bridgehead atoms. The van der Waals surface area contributed by atoms with E-state index in [-0.39, 0.29) is 4.90 Å². The number of piperidine rings is 1. The number of hydrogen-bond donors (Lipinski definition) is 2. The van der Waals surface area contributed by atoms with Crippen LogP contribution in [0.25, 0.3) is 10.9 Å². The maximum Gasteiger partial charge on any atom is 0.261 e. The SMILES string of the molecule is Cn1cc(C2CCNCC2)c2cc(NS(=O)(=O)c3ccc(F)cc3)ccc21. The topological polar surface area (TPSA) is 63.1 Å². The van der Waals surface area contributed by atoms with Crippen LogP contribution in [0.5, 0.6) is 0 Å². The highest BCUT2D eigenvalue weighted by Gasteiger charge is 2.21. The average molecular weight is 387 g/mol. The molecule has 0 radical (unpaired) electrons. The Balaban J connectivity index is 1.69. The summed E-state index contributed by atoms with van der Waals surface area (Å²) in [7, 11) is -1.75. The van der Waals surface area contributed by atoms with Crippen LogP contribution < -0.4 is 10.0 Å². The molecule has 1 aliphatic heterocycles. The molecule has 1 aliphatic rings. The summed E-state index contributed by atoms with van der Waals surface area (Å²) in [4.78, 5) is 0.0376. The molecule has 4 rings (SSSR count). The highest BCUT2D eigenvalue weighted by molar-refractivity contribution is 7.92. The second-order valence-electron chi connectivity index (χ2n) is 7.01. The molecule has 27 heavy (non-hydrogen) atoms. The van der Waals surface area contributed by atoms with Crippen LogP contribution in [0, 0.1) is 5.82 Å². The van der Waals surface area contributed by atoms with E-state index in [1.54, 1.807) is 6.07 Å². The molecule has 0 unspecified atom stereocenters. The van der Waals surface area contributed by atoms with Crippen LogP contribution in [0.1, 0.15) is 24.3 Å². The predicted octanol–water partition coefficient (Wildman–Crippen LogP) is 3.59. The minimum Gasteiger partial charge on any atom is -0.350 e. The van der Waals surface area contributed by atoms with Crippen molar-refractivity contribution < 1.29 is 12.8 Å². The van der Waals surface area contributed by atoms with Gasteiger partial charge in [0.25, 0.3) is 10.0 Å². The van der Waals surface area contributed by atoms with Crippen molar-refractivity contribution in [1.82, 2.24) is 9.88 Å². The lowest BCUT2D eigenvalue weighted by atomic mass is 9.90. The van der Waals surface area contributed by atoms with Crippen LogP contribution >= 0.6 is 0 Å². The molecular formula is C20H22FN3O2S. The molecule has 0 atom stereocenters. The zero-order valence-electron chi connectivity index (χ0n) is 15.1. The summed E-state index contributed by atoms with van der Waals surface area (Å²) in [5.74, 6) is 0.00479. The van der Waals surface area contributed by atoms with Crippen LogP contribution in [0.15, 0.2) is 53.6 Å². The van der Waals surface area contributed by atoms with Gasteiger partial charge in [-0.3, -0.25) is 4.72 Å². The molecule has 0 amide bonds. The maximum atomic E-state index is 13.1. The van der Waals surface area contributed by atoms with E-state index in [1.165, 1.54) is 17.7 Å². The molecule has 0 spiro atoms. The van der Waals surface area contributed by atoms with Crippen molar-refractivity contribution >= 4 is 26.6 Å². The van der Waals surface area contributed by atoms with Crippen LogP contribution in [-0.2, 0) is 17.1 Å². The van der Waals surface area contributed by atoms with E-state index >= 15 is 0 Å². The Morgan fingerprint density at radius 3 is 2.52 bits per heavy atom. The van der Waals surface area contributed by atoms with Gasteiger partial charge < -0.3 is 9.88 Å². The van der Waals surface area contributed by atoms with E-state index in [0.717, 1.165) is 49.0 Å². The fourth-order valence-corrected chi connectivity index (χ4v) is 4.82. The summed E-state index contributed by atoms with van der Waals surface area (Å²) >= 11 is 0. The van der Waals surface area contributed by atoms with Crippen molar-refractivity contribution in [2.75, 3.05) is 17.8 Å². The van der Waals surface area contributed by atoms with Gasteiger partial charge in [0.05, 0.1) is 4.90 Å². The van der Waals surface area contributed by atoms with Gasteiger partial charge in [-0.05, 0) is 79.9 Å². The number of aromatic nitrogens is 1. The van der Waals surface area contributed by atoms with Crippen LogP contribution in [-0.4, -0.2) is 26.1 Å². The molecule has 7 heteroatoms. The van der Waals surface area contributed by atoms with Crippen molar-refractivity contribution in [2.24, 2.45) is 7.05 Å². The number of fused-ring (bicyclic) bond motifs is 1. The van der Waals surface area contributed by atoms with Gasteiger partial charge in [-0.1, -0.05) is 0 Å². The molecule has 0 aliphatic carbocycles. The van der Waals surface area contributed by atoms with Crippen LogP contribution in [0.2, 0.25) is 0 Å². The molecular weight excluding hydrogens is 365 g/mol. The van der Waals surface area contributed by atoms with Crippen molar-refractivity contribution in [2.45, 2.75) is 23.7 Å². The number of rotatable bonds is 4. The monoisotopic (exact) mass is 387 g/mol. The Morgan fingerprint density at radius 1 is 1.11 bits per heavy atom.